The highest BCUT2D eigenvalue weighted by Crippen LogP contribution is 2.53. The molecule has 1 aliphatic carbocycles. The maximum Gasteiger partial charge on any atom is 0.162 e. The summed E-state index contributed by atoms with van der Waals surface area (Å²) in [7, 11) is 0. The number of fused-ring (bicyclic) bond motifs is 4. The van der Waals surface area contributed by atoms with Crippen LogP contribution in [0.1, 0.15) is 49.4 Å². The summed E-state index contributed by atoms with van der Waals surface area (Å²) in [6.07, 6.45) is 1.40. The fraction of sp³-hybridized carbons (Fsp3) is 0.219. The summed E-state index contributed by atoms with van der Waals surface area (Å²) in [6, 6.07) is 28.7. The van der Waals surface area contributed by atoms with Crippen molar-refractivity contribution in [2.45, 2.75) is 39.3 Å². The first-order valence-corrected chi connectivity index (χ1v) is 13.2. The summed E-state index contributed by atoms with van der Waals surface area (Å²) in [5, 5.41) is 6.13. The van der Waals surface area contributed by atoms with Crippen LogP contribution < -0.4 is 10.1 Å². The summed E-state index contributed by atoms with van der Waals surface area (Å²) in [5.74, 6) is 1.000. The number of Topliss-reactive ketones (excluding diaryl/α,β-unsaturated/α-hetero) is 1. The molecule has 0 saturated carbocycles. The molecule has 0 spiro atoms. The number of nitrogens with one attached hydrogen (secondary N) is 1. The molecule has 0 aromatic heterocycles. The average molecular weight is 538 g/mol. The van der Waals surface area contributed by atoms with E-state index in [0.29, 0.717) is 13.0 Å². The van der Waals surface area contributed by atoms with Crippen LogP contribution in [0.3, 0.4) is 0 Å². The lowest BCUT2D eigenvalue weighted by atomic mass is 9.68. The van der Waals surface area contributed by atoms with Crippen LogP contribution in [-0.2, 0) is 11.4 Å². The average Bonchev–Trinajstić information content (AvgIpc) is 2.87. The molecule has 0 radical (unpaired) electrons. The molecule has 4 aromatic rings. The van der Waals surface area contributed by atoms with Gasteiger partial charge in [0.25, 0.3) is 0 Å². The fourth-order valence-electron chi connectivity index (χ4n) is 5.68. The standard InChI is InChI=1S/C32H28BrNO2/c1-32(2)17-25-29-23-11-7-6-10-21(23)12-14-26(29)34-31(30(25)27(35)18-32)24-16-22(33)13-15-28(24)36-19-20-8-4-3-5-9-20/h3-16,31,34H,17-19H2,1-2H3/t31-/m1/s1. The predicted octanol–water partition coefficient (Wildman–Crippen LogP) is 8.49. The Kier molecular flexibility index (Phi) is 5.72. The third kappa shape index (κ3) is 4.14. The van der Waals surface area contributed by atoms with Crippen LogP contribution >= 0.6 is 15.9 Å². The molecule has 36 heavy (non-hydrogen) atoms. The minimum absolute atomic E-state index is 0.0874. The van der Waals surface area contributed by atoms with Crippen LogP contribution in [0.25, 0.3) is 16.3 Å². The maximum atomic E-state index is 13.8. The van der Waals surface area contributed by atoms with Gasteiger partial charge in [0.1, 0.15) is 12.4 Å². The lowest BCUT2D eigenvalue weighted by Crippen LogP contribution is -2.33. The summed E-state index contributed by atoms with van der Waals surface area (Å²) in [4.78, 5) is 13.8. The summed E-state index contributed by atoms with van der Waals surface area (Å²) in [6.45, 7) is 4.87. The first kappa shape index (κ1) is 23.1. The minimum Gasteiger partial charge on any atom is -0.489 e. The van der Waals surface area contributed by atoms with Crippen LogP contribution in [0.2, 0.25) is 0 Å². The van der Waals surface area contributed by atoms with Crippen molar-refractivity contribution >= 4 is 43.7 Å². The molecule has 180 valence electrons. The van der Waals surface area contributed by atoms with E-state index < -0.39 is 0 Å². The largest absolute Gasteiger partial charge is 0.489 e. The second kappa shape index (κ2) is 8.94. The van der Waals surface area contributed by atoms with Gasteiger partial charge in [0.2, 0.25) is 0 Å². The van der Waals surface area contributed by atoms with E-state index in [2.05, 4.69) is 89.7 Å². The number of anilines is 1. The number of ether oxygens (including phenoxy) is 1. The number of hydrogen-bond donors (Lipinski definition) is 1. The minimum atomic E-state index is -0.277. The van der Waals surface area contributed by atoms with Gasteiger partial charge in [-0.05, 0) is 58.0 Å². The van der Waals surface area contributed by atoms with Crippen LogP contribution in [0, 0.1) is 5.41 Å². The van der Waals surface area contributed by atoms with Crippen molar-refractivity contribution in [1.82, 2.24) is 0 Å². The van der Waals surface area contributed by atoms with Gasteiger partial charge in [-0.1, -0.05) is 90.4 Å². The quantitative estimate of drug-likeness (QED) is 0.283. The van der Waals surface area contributed by atoms with Gasteiger partial charge in [-0.25, -0.2) is 0 Å². The molecule has 4 heteroatoms. The number of ketones is 1. The fourth-order valence-corrected chi connectivity index (χ4v) is 6.06. The van der Waals surface area contributed by atoms with Gasteiger partial charge in [-0.2, -0.15) is 0 Å². The van der Waals surface area contributed by atoms with Crippen LogP contribution in [0.15, 0.2) is 95.0 Å². The molecule has 0 bridgehead atoms. The SMILES string of the molecule is CC1(C)CC(=O)C2=C(C1)c1c(ccc3ccccc13)N[C@@H]2c1cc(Br)ccc1OCc1ccccc1. The topological polar surface area (TPSA) is 38.3 Å². The van der Waals surface area contributed by atoms with Crippen molar-refractivity contribution in [2.75, 3.05) is 5.32 Å². The Morgan fingerprint density at radius 1 is 0.944 bits per heavy atom. The predicted molar refractivity (Wildman–Crippen MR) is 150 cm³/mol. The molecule has 1 N–H and O–H groups in total. The lowest BCUT2D eigenvalue weighted by Gasteiger charge is -2.40. The molecule has 0 unspecified atom stereocenters. The zero-order valence-electron chi connectivity index (χ0n) is 20.5. The molecule has 0 saturated heterocycles. The Bertz CT molecular complexity index is 1520. The van der Waals surface area contributed by atoms with Crippen molar-refractivity contribution < 1.29 is 9.53 Å². The summed E-state index contributed by atoms with van der Waals surface area (Å²) in [5.41, 5.74) is 6.27. The Hall–Kier alpha value is -3.37. The molecule has 6 rings (SSSR count). The van der Waals surface area contributed by atoms with E-state index in [0.717, 1.165) is 39.0 Å². The highest BCUT2D eigenvalue weighted by molar-refractivity contribution is 9.10. The van der Waals surface area contributed by atoms with Gasteiger partial charge in [0.05, 0.1) is 6.04 Å². The molecule has 1 heterocycles. The molecule has 4 aromatic carbocycles. The molecule has 1 aliphatic heterocycles. The van der Waals surface area contributed by atoms with E-state index in [4.69, 9.17) is 4.74 Å². The Labute approximate surface area is 220 Å². The van der Waals surface area contributed by atoms with Gasteiger partial charge in [0.15, 0.2) is 5.78 Å². The molecule has 0 fully saturated rings. The van der Waals surface area contributed by atoms with E-state index in [-0.39, 0.29) is 17.2 Å². The smallest absolute Gasteiger partial charge is 0.162 e. The van der Waals surface area contributed by atoms with E-state index in [1.165, 1.54) is 21.9 Å². The Morgan fingerprint density at radius 2 is 1.72 bits per heavy atom. The summed E-state index contributed by atoms with van der Waals surface area (Å²) >= 11 is 3.66. The Balaban J connectivity index is 1.51. The number of halogens is 1. The maximum absolute atomic E-state index is 13.8. The number of allylic oxidation sites excluding steroid dienone is 1. The molecular weight excluding hydrogens is 510 g/mol. The highest BCUT2D eigenvalue weighted by atomic mass is 79.9. The number of rotatable bonds is 4. The number of hydrogen-bond acceptors (Lipinski definition) is 3. The molecule has 0 amide bonds. The summed E-state index contributed by atoms with van der Waals surface area (Å²) < 4.78 is 7.31. The third-order valence-electron chi connectivity index (χ3n) is 7.26. The normalized spacial score (nSPS) is 18.4. The van der Waals surface area contributed by atoms with Gasteiger partial charge in [-0.3, -0.25) is 4.79 Å². The highest BCUT2D eigenvalue weighted by Gasteiger charge is 2.41. The van der Waals surface area contributed by atoms with Crippen LogP contribution in [-0.4, -0.2) is 5.78 Å². The number of benzene rings is 4. The monoisotopic (exact) mass is 537 g/mol. The molecule has 3 nitrogen and oxygen atoms in total. The number of carbonyl (C=O) groups excluding carboxylic acids is 1. The number of carbonyl (C=O) groups is 1. The van der Waals surface area contributed by atoms with E-state index >= 15 is 0 Å². The first-order chi connectivity index (χ1) is 17.4. The third-order valence-corrected chi connectivity index (χ3v) is 7.75. The van der Waals surface area contributed by atoms with E-state index in [1.54, 1.807) is 0 Å². The van der Waals surface area contributed by atoms with Crippen LogP contribution in [0.5, 0.6) is 5.75 Å². The zero-order chi connectivity index (χ0) is 24.9. The second-order valence-corrected chi connectivity index (χ2v) is 11.5. The van der Waals surface area contributed by atoms with Gasteiger partial charge in [-0.15, -0.1) is 0 Å². The zero-order valence-corrected chi connectivity index (χ0v) is 22.1. The molecule has 1 atom stereocenters. The van der Waals surface area contributed by atoms with Crippen molar-refractivity contribution in [1.29, 1.82) is 0 Å². The van der Waals surface area contributed by atoms with Gasteiger partial charge in [0, 0.05) is 33.3 Å². The molecular formula is C32H28BrNO2. The lowest BCUT2D eigenvalue weighted by molar-refractivity contribution is -0.118. The Morgan fingerprint density at radius 3 is 2.56 bits per heavy atom. The van der Waals surface area contributed by atoms with Crippen molar-refractivity contribution in [3.8, 4) is 5.75 Å². The van der Waals surface area contributed by atoms with Gasteiger partial charge >= 0.3 is 0 Å². The second-order valence-electron chi connectivity index (χ2n) is 10.6. The van der Waals surface area contributed by atoms with Crippen molar-refractivity contribution in [2.24, 2.45) is 5.41 Å². The van der Waals surface area contributed by atoms with E-state index in [1.807, 2.05) is 30.3 Å². The van der Waals surface area contributed by atoms with E-state index in [9.17, 15) is 4.79 Å². The van der Waals surface area contributed by atoms with Crippen molar-refractivity contribution in [3.63, 3.8) is 0 Å². The van der Waals surface area contributed by atoms with Gasteiger partial charge < -0.3 is 10.1 Å². The molecule has 2 aliphatic rings. The van der Waals surface area contributed by atoms with Crippen molar-refractivity contribution in [3.05, 3.63) is 112 Å². The first-order valence-electron chi connectivity index (χ1n) is 12.4. The van der Waals surface area contributed by atoms with Crippen LogP contribution in [0.4, 0.5) is 5.69 Å².